The fourth-order valence-electron chi connectivity index (χ4n) is 2.11. The Bertz CT molecular complexity index is 894. The molecule has 9 nitrogen and oxygen atoms in total. The Balaban J connectivity index is 1.86. The van der Waals surface area contributed by atoms with Gasteiger partial charge in [-0.05, 0) is 24.1 Å². The van der Waals surface area contributed by atoms with E-state index in [9.17, 15) is 18.0 Å². The van der Waals surface area contributed by atoms with Crippen LogP contribution in [0.15, 0.2) is 24.3 Å². The number of rotatable bonds is 9. The summed E-state index contributed by atoms with van der Waals surface area (Å²) in [5.41, 5.74) is 1.60. The number of sulfone groups is 1. The Morgan fingerprint density at radius 1 is 1.07 bits per heavy atom. The minimum absolute atomic E-state index is 0.169. The molecule has 1 aromatic heterocycles. The second-order valence-corrected chi connectivity index (χ2v) is 8.74. The first-order chi connectivity index (χ1) is 12.8. The molecule has 0 aliphatic carbocycles. The van der Waals surface area contributed by atoms with Gasteiger partial charge in [0.05, 0.1) is 0 Å². The van der Waals surface area contributed by atoms with Crippen molar-refractivity contribution in [2.24, 2.45) is 0 Å². The van der Waals surface area contributed by atoms with E-state index >= 15 is 0 Å². The molecule has 1 heterocycles. The number of amides is 2. The van der Waals surface area contributed by atoms with E-state index < -0.39 is 33.2 Å². The average Bonchev–Trinajstić information content (AvgIpc) is 3.01. The van der Waals surface area contributed by atoms with Crippen LogP contribution in [0, 0.1) is 0 Å². The standard InChI is InChI=1S/C16H20N4O5S2/c1-3-11-4-6-12(7-5-11)17-13(21)9-27(23,24)10-14(22)18-16-20-19-15(26-16)8-25-2/h4-7H,3,8-10H2,1-2H3,(H,17,21)(H,18,20,22). The molecule has 1 aromatic carbocycles. The van der Waals surface area contributed by atoms with Crippen LogP contribution in [0.25, 0.3) is 0 Å². The van der Waals surface area contributed by atoms with Crippen LogP contribution >= 0.6 is 11.3 Å². The lowest BCUT2D eigenvalue weighted by molar-refractivity contribution is -0.114. The molecule has 146 valence electrons. The van der Waals surface area contributed by atoms with E-state index in [1.54, 1.807) is 12.1 Å². The van der Waals surface area contributed by atoms with Crippen LogP contribution in [-0.2, 0) is 37.2 Å². The first-order valence-corrected chi connectivity index (χ1v) is 10.7. The molecule has 2 aromatic rings. The second-order valence-electron chi connectivity index (χ2n) is 5.61. The number of carbonyl (C=O) groups excluding carboxylic acids is 2. The zero-order valence-electron chi connectivity index (χ0n) is 14.9. The molecule has 27 heavy (non-hydrogen) atoms. The number of carbonyl (C=O) groups is 2. The highest BCUT2D eigenvalue weighted by Crippen LogP contribution is 2.15. The summed E-state index contributed by atoms with van der Waals surface area (Å²) >= 11 is 1.08. The first-order valence-electron chi connectivity index (χ1n) is 8.01. The van der Waals surface area contributed by atoms with Crippen molar-refractivity contribution < 1.29 is 22.7 Å². The Morgan fingerprint density at radius 3 is 2.30 bits per heavy atom. The molecule has 2 amide bonds. The number of nitrogens with one attached hydrogen (secondary N) is 2. The van der Waals surface area contributed by atoms with Gasteiger partial charge in [0.2, 0.25) is 16.9 Å². The van der Waals surface area contributed by atoms with Gasteiger partial charge >= 0.3 is 0 Å². The number of nitrogens with zero attached hydrogens (tertiary/aromatic N) is 2. The van der Waals surface area contributed by atoms with E-state index in [1.807, 2.05) is 19.1 Å². The van der Waals surface area contributed by atoms with Crippen molar-refractivity contribution in [2.75, 3.05) is 29.2 Å². The van der Waals surface area contributed by atoms with Gasteiger partial charge in [-0.2, -0.15) is 0 Å². The zero-order chi connectivity index (χ0) is 19.9. The number of ether oxygens (including phenoxy) is 1. The van der Waals surface area contributed by atoms with Crippen LogP contribution in [0.2, 0.25) is 0 Å². The maximum absolute atomic E-state index is 12.1. The minimum atomic E-state index is -3.93. The fraction of sp³-hybridized carbons (Fsp3) is 0.375. The van der Waals surface area contributed by atoms with Crippen molar-refractivity contribution in [1.29, 1.82) is 0 Å². The summed E-state index contributed by atoms with van der Waals surface area (Å²) in [6.45, 7) is 2.25. The Labute approximate surface area is 161 Å². The summed E-state index contributed by atoms with van der Waals surface area (Å²) in [6.07, 6.45) is 0.860. The highest BCUT2D eigenvalue weighted by Gasteiger charge is 2.22. The van der Waals surface area contributed by atoms with Crippen molar-refractivity contribution in [3.05, 3.63) is 34.8 Å². The van der Waals surface area contributed by atoms with Crippen molar-refractivity contribution in [3.8, 4) is 0 Å². The van der Waals surface area contributed by atoms with Gasteiger partial charge in [-0.3, -0.25) is 14.9 Å². The average molecular weight is 412 g/mol. The Morgan fingerprint density at radius 2 is 1.70 bits per heavy atom. The molecule has 0 aliphatic heterocycles. The van der Waals surface area contributed by atoms with E-state index in [0.717, 1.165) is 23.3 Å². The molecule has 2 N–H and O–H groups in total. The van der Waals surface area contributed by atoms with Crippen LogP contribution in [0.1, 0.15) is 17.5 Å². The molecule has 0 saturated heterocycles. The fourth-order valence-corrected chi connectivity index (χ4v) is 3.89. The lowest BCUT2D eigenvalue weighted by atomic mass is 10.1. The number of methoxy groups -OCH3 is 1. The molecule has 0 spiro atoms. The highest BCUT2D eigenvalue weighted by atomic mass is 32.2. The van der Waals surface area contributed by atoms with Crippen LogP contribution in [0.4, 0.5) is 10.8 Å². The van der Waals surface area contributed by atoms with E-state index in [2.05, 4.69) is 20.8 Å². The summed E-state index contributed by atoms with van der Waals surface area (Å²) in [6, 6.07) is 7.08. The molecule has 0 fully saturated rings. The lowest BCUT2D eigenvalue weighted by Crippen LogP contribution is -2.30. The van der Waals surface area contributed by atoms with Crippen molar-refractivity contribution in [2.45, 2.75) is 20.0 Å². The zero-order valence-corrected chi connectivity index (χ0v) is 16.5. The molecule has 0 bridgehead atoms. The molecule has 0 atom stereocenters. The maximum atomic E-state index is 12.1. The van der Waals surface area contributed by atoms with E-state index in [0.29, 0.717) is 10.7 Å². The van der Waals surface area contributed by atoms with Gasteiger partial charge < -0.3 is 10.1 Å². The van der Waals surface area contributed by atoms with Crippen molar-refractivity contribution in [3.63, 3.8) is 0 Å². The maximum Gasteiger partial charge on any atom is 0.241 e. The van der Waals surface area contributed by atoms with Gasteiger partial charge in [0, 0.05) is 12.8 Å². The van der Waals surface area contributed by atoms with Gasteiger partial charge in [-0.15, -0.1) is 10.2 Å². The molecule has 2 rings (SSSR count). The second kappa shape index (κ2) is 9.53. The normalized spacial score (nSPS) is 11.2. The number of aryl methyl sites for hydroxylation is 1. The van der Waals surface area contributed by atoms with Gasteiger partial charge in [0.15, 0.2) is 9.84 Å². The topological polar surface area (TPSA) is 127 Å². The van der Waals surface area contributed by atoms with Crippen molar-refractivity contribution in [1.82, 2.24) is 10.2 Å². The van der Waals surface area contributed by atoms with E-state index in [4.69, 9.17) is 4.74 Å². The van der Waals surface area contributed by atoms with Crippen molar-refractivity contribution >= 4 is 43.8 Å². The number of aromatic nitrogens is 2. The first kappa shape index (κ1) is 20.9. The van der Waals surface area contributed by atoms with Gasteiger partial charge in [-0.1, -0.05) is 30.4 Å². The number of hydrogen-bond acceptors (Lipinski definition) is 8. The van der Waals surface area contributed by atoms with Gasteiger partial charge in [0.1, 0.15) is 23.1 Å². The number of hydrogen-bond donors (Lipinski definition) is 2. The van der Waals surface area contributed by atoms with Gasteiger partial charge in [-0.25, -0.2) is 8.42 Å². The Kier molecular flexibility index (Phi) is 7.39. The summed E-state index contributed by atoms with van der Waals surface area (Å²) in [5.74, 6) is -3.10. The summed E-state index contributed by atoms with van der Waals surface area (Å²) < 4.78 is 29.0. The number of anilines is 2. The lowest BCUT2D eigenvalue weighted by Gasteiger charge is -2.07. The number of benzene rings is 1. The highest BCUT2D eigenvalue weighted by molar-refractivity contribution is 7.92. The Hall–Kier alpha value is -2.37. The SMILES string of the molecule is CCc1ccc(NC(=O)CS(=O)(=O)CC(=O)Nc2nnc(COC)s2)cc1. The smallest absolute Gasteiger partial charge is 0.241 e. The summed E-state index contributed by atoms with van der Waals surface area (Å²) in [7, 11) is -2.43. The van der Waals surface area contributed by atoms with Gasteiger partial charge in [0.25, 0.3) is 0 Å². The largest absolute Gasteiger partial charge is 0.377 e. The molecular formula is C16H20N4O5S2. The minimum Gasteiger partial charge on any atom is -0.377 e. The molecule has 11 heteroatoms. The summed E-state index contributed by atoms with van der Waals surface area (Å²) in [5, 5.41) is 13.1. The van der Waals surface area contributed by atoms with Crippen LogP contribution in [0.3, 0.4) is 0 Å². The van der Waals surface area contributed by atoms with Crippen LogP contribution in [-0.4, -0.2) is 49.0 Å². The molecular weight excluding hydrogens is 392 g/mol. The van der Waals surface area contributed by atoms with E-state index in [-0.39, 0.29) is 11.7 Å². The third kappa shape index (κ3) is 7.04. The monoisotopic (exact) mass is 412 g/mol. The molecule has 0 aliphatic rings. The summed E-state index contributed by atoms with van der Waals surface area (Å²) in [4.78, 5) is 23.8. The molecule has 0 unspecified atom stereocenters. The molecule has 0 radical (unpaired) electrons. The van der Waals surface area contributed by atoms with E-state index in [1.165, 1.54) is 7.11 Å². The van der Waals surface area contributed by atoms with Crippen LogP contribution < -0.4 is 10.6 Å². The third-order valence-electron chi connectivity index (χ3n) is 3.33. The predicted molar refractivity (Wildman–Crippen MR) is 102 cm³/mol. The third-order valence-corrected chi connectivity index (χ3v) is 5.55. The predicted octanol–water partition coefficient (Wildman–Crippen LogP) is 1.24. The quantitative estimate of drug-likeness (QED) is 0.634. The van der Waals surface area contributed by atoms with Crippen LogP contribution in [0.5, 0.6) is 0 Å². The molecule has 0 saturated carbocycles.